The zero-order valence-corrected chi connectivity index (χ0v) is 8.27. The first-order chi connectivity index (χ1) is 6.83. The van der Waals surface area contributed by atoms with Crippen molar-refractivity contribution in [1.82, 2.24) is 9.55 Å². The molecule has 1 aromatic rings. The Bertz CT molecular complexity index is 327. The van der Waals surface area contributed by atoms with E-state index in [4.69, 9.17) is 4.74 Å². The summed E-state index contributed by atoms with van der Waals surface area (Å²) < 4.78 is 7.05. The van der Waals surface area contributed by atoms with Crippen molar-refractivity contribution in [3.8, 4) is 0 Å². The highest BCUT2D eigenvalue weighted by Crippen LogP contribution is 2.27. The third-order valence-corrected chi connectivity index (χ3v) is 2.73. The van der Waals surface area contributed by atoms with Crippen molar-refractivity contribution in [2.24, 2.45) is 7.05 Å². The van der Waals surface area contributed by atoms with E-state index >= 15 is 0 Å². The molecule has 0 unspecified atom stereocenters. The molecule has 0 bridgehead atoms. The van der Waals surface area contributed by atoms with Crippen LogP contribution in [0, 0.1) is 0 Å². The first-order valence-corrected chi connectivity index (χ1v) is 4.87. The van der Waals surface area contributed by atoms with E-state index in [9.17, 15) is 4.79 Å². The topological polar surface area (TPSA) is 44.1 Å². The molecule has 0 radical (unpaired) electrons. The Kier molecular flexibility index (Phi) is 2.63. The molecule has 1 aliphatic rings. The van der Waals surface area contributed by atoms with Gasteiger partial charge in [0.15, 0.2) is 6.29 Å². The lowest BCUT2D eigenvalue weighted by Gasteiger charge is -2.20. The molecule has 1 aliphatic heterocycles. The first-order valence-electron chi connectivity index (χ1n) is 4.87. The van der Waals surface area contributed by atoms with Crippen LogP contribution in [-0.2, 0) is 11.8 Å². The van der Waals surface area contributed by atoms with Gasteiger partial charge in [-0.3, -0.25) is 4.79 Å². The molecule has 0 aliphatic carbocycles. The van der Waals surface area contributed by atoms with Crippen LogP contribution in [-0.4, -0.2) is 29.1 Å². The molecule has 2 rings (SSSR count). The summed E-state index contributed by atoms with van der Waals surface area (Å²) in [6.07, 6.45) is 4.53. The van der Waals surface area contributed by atoms with Gasteiger partial charge in [-0.2, -0.15) is 0 Å². The SMILES string of the molecule is Cn1cnc(C2CCOCC2)c1C=O. The number of aryl methyl sites for hydroxylation is 1. The molecule has 2 heterocycles. The van der Waals surface area contributed by atoms with Gasteiger partial charge in [0.25, 0.3) is 0 Å². The normalized spacial score (nSPS) is 18.4. The van der Waals surface area contributed by atoms with Gasteiger partial charge in [-0.1, -0.05) is 0 Å². The fourth-order valence-corrected chi connectivity index (χ4v) is 1.89. The van der Waals surface area contributed by atoms with E-state index in [0.717, 1.165) is 38.0 Å². The largest absolute Gasteiger partial charge is 0.381 e. The average Bonchev–Trinajstić information content (AvgIpc) is 2.61. The Balaban J connectivity index is 2.25. The zero-order chi connectivity index (χ0) is 9.97. The second kappa shape index (κ2) is 3.92. The molecule has 4 nitrogen and oxygen atoms in total. The summed E-state index contributed by atoms with van der Waals surface area (Å²) in [5, 5.41) is 0. The molecule has 0 spiro atoms. The number of ether oxygens (including phenoxy) is 1. The number of hydrogen-bond donors (Lipinski definition) is 0. The van der Waals surface area contributed by atoms with Gasteiger partial charge >= 0.3 is 0 Å². The van der Waals surface area contributed by atoms with Crippen LogP contribution in [0.5, 0.6) is 0 Å². The summed E-state index contributed by atoms with van der Waals surface area (Å²) in [4.78, 5) is 15.1. The third-order valence-electron chi connectivity index (χ3n) is 2.73. The summed E-state index contributed by atoms with van der Waals surface area (Å²) in [5.74, 6) is 0.394. The highest BCUT2D eigenvalue weighted by Gasteiger charge is 2.21. The molecule has 4 heteroatoms. The van der Waals surface area contributed by atoms with E-state index in [1.54, 1.807) is 10.9 Å². The zero-order valence-electron chi connectivity index (χ0n) is 8.27. The van der Waals surface area contributed by atoms with E-state index in [2.05, 4.69) is 4.98 Å². The molecule has 76 valence electrons. The van der Waals surface area contributed by atoms with Gasteiger partial charge in [-0.05, 0) is 12.8 Å². The number of rotatable bonds is 2. The number of hydrogen-bond acceptors (Lipinski definition) is 3. The number of aromatic nitrogens is 2. The standard InChI is InChI=1S/C10H14N2O2/c1-12-7-11-10(9(12)6-13)8-2-4-14-5-3-8/h6-8H,2-5H2,1H3. The van der Waals surface area contributed by atoms with Crippen LogP contribution < -0.4 is 0 Å². The maximum absolute atomic E-state index is 10.9. The summed E-state index contributed by atoms with van der Waals surface area (Å²) in [7, 11) is 1.85. The number of carbonyl (C=O) groups is 1. The van der Waals surface area contributed by atoms with Gasteiger partial charge in [0, 0.05) is 26.2 Å². The summed E-state index contributed by atoms with van der Waals surface area (Å²) >= 11 is 0. The molecule has 0 atom stereocenters. The Morgan fingerprint density at radius 1 is 1.57 bits per heavy atom. The minimum Gasteiger partial charge on any atom is -0.381 e. The summed E-state index contributed by atoms with van der Waals surface area (Å²) in [6.45, 7) is 1.55. The van der Waals surface area contributed by atoms with Crippen LogP contribution in [0.3, 0.4) is 0 Å². The van der Waals surface area contributed by atoms with Crippen LogP contribution in [0.15, 0.2) is 6.33 Å². The minimum atomic E-state index is 0.394. The third kappa shape index (κ3) is 1.57. The Labute approximate surface area is 82.9 Å². The number of imidazole rings is 1. The first kappa shape index (κ1) is 9.40. The van der Waals surface area contributed by atoms with E-state index in [-0.39, 0.29) is 0 Å². The van der Waals surface area contributed by atoms with Crippen LogP contribution in [0.1, 0.15) is 34.9 Å². The Morgan fingerprint density at radius 2 is 2.29 bits per heavy atom. The van der Waals surface area contributed by atoms with Crippen molar-refractivity contribution in [3.05, 3.63) is 17.7 Å². The molecule has 0 N–H and O–H groups in total. The van der Waals surface area contributed by atoms with Crippen LogP contribution in [0.2, 0.25) is 0 Å². The Morgan fingerprint density at radius 3 is 2.93 bits per heavy atom. The maximum Gasteiger partial charge on any atom is 0.168 e. The van der Waals surface area contributed by atoms with Crippen molar-refractivity contribution in [3.63, 3.8) is 0 Å². The monoisotopic (exact) mass is 194 g/mol. The fraction of sp³-hybridized carbons (Fsp3) is 0.600. The van der Waals surface area contributed by atoms with Crippen molar-refractivity contribution < 1.29 is 9.53 Å². The number of nitrogens with zero attached hydrogens (tertiary/aromatic N) is 2. The molecule has 1 saturated heterocycles. The maximum atomic E-state index is 10.9. The van der Waals surface area contributed by atoms with E-state index in [0.29, 0.717) is 11.6 Å². The highest BCUT2D eigenvalue weighted by atomic mass is 16.5. The van der Waals surface area contributed by atoms with Gasteiger partial charge in [0.1, 0.15) is 5.69 Å². The summed E-state index contributed by atoms with van der Waals surface area (Å²) in [5.41, 5.74) is 1.64. The predicted molar refractivity (Wildman–Crippen MR) is 51.4 cm³/mol. The molecular formula is C10H14N2O2. The van der Waals surface area contributed by atoms with Crippen molar-refractivity contribution in [2.75, 3.05) is 13.2 Å². The van der Waals surface area contributed by atoms with Gasteiger partial charge in [0.2, 0.25) is 0 Å². The molecule has 0 aromatic carbocycles. The quantitative estimate of drug-likeness (QED) is 0.663. The lowest BCUT2D eigenvalue weighted by atomic mass is 9.95. The lowest BCUT2D eigenvalue weighted by molar-refractivity contribution is 0.0841. The summed E-state index contributed by atoms with van der Waals surface area (Å²) in [6, 6.07) is 0. The molecule has 1 aromatic heterocycles. The molecule has 0 saturated carbocycles. The average molecular weight is 194 g/mol. The number of carbonyl (C=O) groups excluding carboxylic acids is 1. The van der Waals surface area contributed by atoms with Crippen LogP contribution in [0.25, 0.3) is 0 Å². The van der Waals surface area contributed by atoms with Gasteiger partial charge in [-0.15, -0.1) is 0 Å². The highest BCUT2D eigenvalue weighted by molar-refractivity contribution is 5.74. The van der Waals surface area contributed by atoms with E-state index < -0.39 is 0 Å². The van der Waals surface area contributed by atoms with E-state index in [1.165, 1.54) is 0 Å². The Hall–Kier alpha value is -1.16. The van der Waals surface area contributed by atoms with Crippen molar-refractivity contribution >= 4 is 6.29 Å². The second-order valence-electron chi connectivity index (χ2n) is 3.63. The van der Waals surface area contributed by atoms with Crippen LogP contribution in [0.4, 0.5) is 0 Å². The van der Waals surface area contributed by atoms with E-state index in [1.807, 2.05) is 7.05 Å². The van der Waals surface area contributed by atoms with Gasteiger partial charge in [0.05, 0.1) is 12.0 Å². The predicted octanol–water partition coefficient (Wildman–Crippen LogP) is 1.13. The second-order valence-corrected chi connectivity index (χ2v) is 3.63. The molecular weight excluding hydrogens is 180 g/mol. The lowest BCUT2D eigenvalue weighted by Crippen LogP contribution is -2.15. The van der Waals surface area contributed by atoms with Crippen molar-refractivity contribution in [1.29, 1.82) is 0 Å². The molecule has 0 amide bonds. The minimum absolute atomic E-state index is 0.394. The van der Waals surface area contributed by atoms with Crippen LogP contribution >= 0.6 is 0 Å². The smallest absolute Gasteiger partial charge is 0.168 e. The fourth-order valence-electron chi connectivity index (χ4n) is 1.89. The van der Waals surface area contributed by atoms with Crippen molar-refractivity contribution in [2.45, 2.75) is 18.8 Å². The molecule has 1 fully saturated rings. The van der Waals surface area contributed by atoms with Gasteiger partial charge in [-0.25, -0.2) is 4.98 Å². The van der Waals surface area contributed by atoms with Gasteiger partial charge < -0.3 is 9.30 Å². The number of aldehydes is 1. The molecule has 14 heavy (non-hydrogen) atoms.